The van der Waals surface area contributed by atoms with Crippen LogP contribution in [0.5, 0.6) is 11.5 Å². The van der Waals surface area contributed by atoms with Gasteiger partial charge in [0, 0.05) is 0 Å². The molecule has 0 radical (unpaired) electrons. The molecule has 0 bridgehead atoms. The van der Waals surface area contributed by atoms with E-state index in [1.165, 1.54) is 30.3 Å². The van der Waals surface area contributed by atoms with Gasteiger partial charge in [-0.25, -0.2) is 0 Å². The molecule has 0 unspecified atom stereocenters. The second-order valence-corrected chi connectivity index (χ2v) is 6.68. The summed E-state index contributed by atoms with van der Waals surface area (Å²) >= 11 is 0. The number of nitrogens with two attached hydrogens (primary N) is 1. The summed E-state index contributed by atoms with van der Waals surface area (Å²) in [5.41, 5.74) is 6.81. The molecule has 2 rings (SSSR count). The molecule has 0 spiro atoms. The maximum absolute atomic E-state index is 10.5. The monoisotopic (exact) mass is 369 g/mol. The Morgan fingerprint density at radius 2 is 1.64 bits per heavy atom. The summed E-state index contributed by atoms with van der Waals surface area (Å²) in [6, 6.07) is 9.08. The fourth-order valence-electron chi connectivity index (χ4n) is 1.75. The van der Waals surface area contributed by atoms with E-state index < -0.39 is 22.1 Å². The van der Waals surface area contributed by atoms with Gasteiger partial charge in [0.05, 0.1) is 4.90 Å². The van der Waals surface area contributed by atoms with Crippen molar-refractivity contribution >= 4 is 16.1 Å². The quantitative estimate of drug-likeness (QED) is 0.398. The average Bonchev–Trinajstić information content (AvgIpc) is 2.51. The molecule has 25 heavy (non-hydrogen) atoms. The maximum Gasteiger partial charge on any atom is 0.320 e. The molecule has 0 heterocycles. The summed E-state index contributed by atoms with van der Waals surface area (Å²) in [4.78, 5) is 10.4. The number of carbonyl (C=O) groups is 1. The van der Waals surface area contributed by atoms with Gasteiger partial charge in [-0.1, -0.05) is 23.8 Å². The highest BCUT2D eigenvalue weighted by Gasteiger charge is 2.12. The summed E-state index contributed by atoms with van der Waals surface area (Å²) in [6.07, 6.45) is 0.114. The number of phenols is 2. The van der Waals surface area contributed by atoms with Crippen molar-refractivity contribution < 1.29 is 33.1 Å². The van der Waals surface area contributed by atoms with E-state index in [0.29, 0.717) is 5.56 Å². The number of aromatic hydroxyl groups is 2. The van der Waals surface area contributed by atoms with Gasteiger partial charge in [-0.05, 0) is 43.2 Å². The zero-order valence-corrected chi connectivity index (χ0v) is 14.1. The fraction of sp³-hybridized carbons (Fsp3) is 0.188. The standard InChI is InChI=1S/C9H11NO4.C7H8O3S/c10-6(9(13)14)3-5-1-2-7(11)8(12)4-5;1-6-2-4-7(5-3-6)11(8,9)10/h1-2,4,6,11-12H,3,10H2,(H,13,14);2-5H,1H3,(H,8,9,10)/t6-;/m0./s1. The van der Waals surface area contributed by atoms with Gasteiger partial charge in [0.15, 0.2) is 11.5 Å². The number of phenolic OH excluding ortho intramolecular Hbond substituents is 2. The van der Waals surface area contributed by atoms with Gasteiger partial charge in [-0.3, -0.25) is 9.35 Å². The minimum Gasteiger partial charge on any atom is -0.504 e. The van der Waals surface area contributed by atoms with Crippen LogP contribution in [0.15, 0.2) is 47.4 Å². The van der Waals surface area contributed by atoms with Crippen molar-refractivity contribution in [3.05, 3.63) is 53.6 Å². The van der Waals surface area contributed by atoms with E-state index in [-0.39, 0.29) is 22.8 Å². The van der Waals surface area contributed by atoms with E-state index in [4.69, 9.17) is 25.6 Å². The highest BCUT2D eigenvalue weighted by Crippen LogP contribution is 2.25. The summed E-state index contributed by atoms with van der Waals surface area (Å²) in [5.74, 6) is -1.62. The highest BCUT2D eigenvalue weighted by molar-refractivity contribution is 7.85. The lowest BCUT2D eigenvalue weighted by Gasteiger charge is -2.06. The molecule has 8 nitrogen and oxygen atoms in total. The SMILES string of the molecule is Cc1ccc(S(=O)(=O)O)cc1.N[C@@H](Cc1ccc(O)c(O)c1)C(=O)O. The van der Waals surface area contributed by atoms with Crippen molar-refractivity contribution in [2.75, 3.05) is 0 Å². The number of benzene rings is 2. The zero-order valence-electron chi connectivity index (χ0n) is 13.3. The lowest BCUT2D eigenvalue weighted by Crippen LogP contribution is -2.32. The van der Waals surface area contributed by atoms with E-state index in [1.807, 2.05) is 6.92 Å². The molecule has 2 aromatic rings. The first-order chi connectivity index (χ1) is 11.5. The molecule has 0 saturated heterocycles. The van der Waals surface area contributed by atoms with Crippen LogP contribution < -0.4 is 5.73 Å². The van der Waals surface area contributed by atoms with Crippen LogP contribution in [-0.4, -0.2) is 40.3 Å². The fourth-order valence-corrected chi connectivity index (χ4v) is 2.23. The third-order valence-electron chi connectivity index (χ3n) is 3.13. The van der Waals surface area contributed by atoms with Gasteiger partial charge in [0.1, 0.15) is 6.04 Å². The predicted molar refractivity (Wildman–Crippen MR) is 90.1 cm³/mol. The molecule has 0 saturated carbocycles. The van der Waals surface area contributed by atoms with Crippen LogP contribution in [0.3, 0.4) is 0 Å². The largest absolute Gasteiger partial charge is 0.504 e. The minimum atomic E-state index is -4.02. The molecule has 1 atom stereocenters. The van der Waals surface area contributed by atoms with Crippen molar-refractivity contribution in [3.8, 4) is 11.5 Å². The first kappa shape index (κ1) is 20.4. The van der Waals surface area contributed by atoms with Crippen molar-refractivity contribution in [3.63, 3.8) is 0 Å². The van der Waals surface area contributed by atoms with Crippen molar-refractivity contribution in [1.29, 1.82) is 0 Å². The number of carboxylic acids is 1. The Kier molecular flexibility index (Phi) is 6.92. The van der Waals surface area contributed by atoms with Gasteiger partial charge >= 0.3 is 5.97 Å². The number of carboxylic acid groups (broad SMARTS) is 1. The number of aliphatic carboxylic acids is 1. The minimum absolute atomic E-state index is 0.0666. The molecule has 6 N–H and O–H groups in total. The highest BCUT2D eigenvalue weighted by atomic mass is 32.2. The first-order valence-electron chi connectivity index (χ1n) is 7.04. The molecule has 0 aromatic heterocycles. The second-order valence-electron chi connectivity index (χ2n) is 5.26. The van der Waals surface area contributed by atoms with Crippen LogP contribution in [0.2, 0.25) is 0 Å². The lowest BCUT2D eigenvalue weighted by atomic mass is 10.1. The number of hydrogen-bond acceptors (Lipinski definition) is 6. The van der Waals surface area contributed by atoms with Crippen LogP contribution >= 0.6 is 0 Å². The molecule has 0 aliphatic heterocycles. The Labute approximate surface area is 144 Å². The van der Waals surface area contributed by atoms with Crippen molar-refractivity contribution in [2.45, 2.75) is 24.3 Å². The molecule has 136 valence electrons. The zero-order chi connectivity index (χ0) is 19.2. The van der Waals surface area contributed by atoms with E-state index >= 15 is 0 Å². The summed E-state index contributed by atoms with van der Waals surface area (Å²) in [6.45, 7) is 1.84. The number of rotatable bonds is 4. The third-order valence-corrected chi connectivity index (χ3v) is 4.00. The Morgan fingerprint density at radius 3 is 2.08 bits per heavy atom. The molecule has 0 aliphatic carbocycles. The Bertz CT molecular complexity index is 832. The summed E-state index contributed by atoms with van der Waals surface area (Å²) in [5, 5.41) is 26.6. The van der Waals surface area contributed by atoms with Gasteiger partial charge in [-0.2, -0.15) is 8.42 Å². The topological polar surface area (TPSA) is 158 Å². The molecule has 0 fully saturated rings. The van der Waals surface area contributed by atoms with Gasteiger partial charge in [0.25, 0.3) is 10.1 Å². The number of aryl methyl sites for hydroxylation is 1. The predicted octanol–water partition coefficient (Wildman–Crippen LogP) is 1.29. The van der Waals surface area contributed by atoms with Crippen molar-refractivity contribution in [1.82, 2.24) is 0 Å². The third kappa shape index (κ3) is 6.79. The van der Waals surface area contributed by atoms with Gasteiger partial charge < -0.3 is 21.1 Å². The van der Waals surface area contributed by atoms with Gasteiger partial charge in [-0.15, -0.1) is 0 Å². The lowest BCUT2D eigenvalue weighted by molar-refractivity contribution is -0.138. The van der Waals surface area contributed by atoms with E-state index in [9.17, 15) is 13.2 Å². The van der Waals surface area contributed by atoms with E-state index in [2.05, 4.69) is 0 Å². The summed E-state index contributed by atoms with van der Waals surface area (Å²) < 4.78 is 29.6. The van der Waals surface area contributed by atoms with E-state index in [0.717, 1.165) is 5.56 Å². The molecular formula is C16H19NO7S. The molecule has 9 heteroatoms. The van der Waals surface area contributed by atoms with Crippen LogP contribution in [0.25, 0.3) is 0 Å². The smallest absolute Gasteiger partial charge is 0.320 e. The first-order valence-corrected chi connectivity index (χ1v) is 8.48. The molecule has 0 amide bonds. The van der Waals surface area contributed by atoms with Crippen LogP contribution in [-0.2, 0) is 21.3 Å². The Morgan fingerprint density at radius 1 is 1.08 bits per heavy atom. The van der Waals surface area contributed by atoms with E-state index in [1.54, 1.807) is 12.1 Å². The second kappa shape index (κ2) is 8.47. The normalized spacial score (nSPS) is 12.0. The summed E-state index contributed by atoms with van der Waals surface area (Å²) in [7, 11) is -4.02. The number of hydrogen-bond donors (Lipinski definition) is 5. The molecule has 0 aliphatic rings. The molecular weight excluding hydrogens is 350 g/mol. The van der Waals surface area contributed by atoms with Crippen molar-refractivity contribution in [2.24, 2.45) is 5.73 Å². The van der Waals surface area contributed by atoms with Crippen LogP contribution in [0.4, 0.5) is 0 Å². The Hall–Kier alpha value is -2.62. The van der Waals surface area contributed by atoms with Crippen LogP contribution in [0, 0.1) is 6.92 Å². The van der Waals surface area contributed by atoms with Gasteiger partial charge in [0.2, 0.25) is 0 Å². The average molecular weight is 369 g/mol. The maximum atomic E-state index is 10.5. The van der Waals surface area contributed by atoms with Crippen LogP contribution in [0.1, 0.15) is 11.1 Å². The Balaban J connectivity index is 0.000000257. The molecule has 2 aromatic carbocycles.